The summed E-state index contributed by atoms with van der Waals surface area (Å²) < 4.78 is 13.2. The Bertz CT molecular complexity index is 597. The highest BCUT2D eigenvalue weighted by atomic mass is 16.5. The van der Waals surface area contributed by atoms with Crippen LogP contribution in [0.5, 0.6) is 11.5 Å². The summed E-state index contributed by atoms with van der Waals surface area (Å²) in [5.41, 5.74) is 1.13. The lowest BCUT2D eigenvalue weighted by Gasteiger charge is -2.12. The fraction of sp³-hybridized carbons (Fsp3) is 0.467. The summed E-state index contributed by atoms with van der Waals surface area (Å²) >= 11 is 0. The lowest BCUT2D eigenvalue weighted by molar-refractivity contribution is 0.296. The van der Waals surface area contributed by atoms with E-state index < -0.39 is 0 Å². The van der Waals surface area contributed by atoms with E-state index in [9.17, 15) is 0 Å². The van der Waals surface area contributed by atoms with Gasteiger partial charge >= 0.3 is 0 Å². The zero-order valence-corrected chi connectivity index (χ0v) is 12.2. The average Bonchev–Trinajstić information content (AvgIpc) is 2.75. The van der Waals surface area contributed by atoms with Crippen molar-refractivity contribution < 1.29 is 9.47 Å². The second kappa shape index (κ2) is 6.58. The first-order chi connectivity index (χ1) is 10.3. The molecule has 1 aliphatic rings. The van der Waals surface area contributed by atoms with Crippen molar-refractivity contribution in [3.05, 3.63) is 35.9 Å². The smallest absolute Gasteiger partial charge is 0.165 e. The van der Waals surface area contributed by atoms with Gasteiger partial charge in [0.25, 0.3) is 0 Å². The summed E-state index contributed by atoms with van der Waals surface area (Å²) in [6, 6.07) is 6.03. The van der Waals surface area contributed by atoms with Gasteiger partial charge in [0.1, 0.15) is 6.33 Å². The maximum Gasteiger partial charge on any atom is 0.165 e. The highest BCUT2D eigenvalue weighted by molar-refractivity contribution is 5.47. The standard InChI is InChI=1S/C15H20N4O2/c1-19-11-17-14(18-19)6-7-16-10-12-4-2-5-13-15(12)21-9-3-8-20-13/h2,4-5,11,16H,3,6-10H2,1H3. The van der Waals surface area contributed by atoms with Crippen molar-refractivity contribution in [1.82, 2.24) is 20.1 Å². The Balaban J connectivity index is 1.55. The predicted octanol–water partition coefficient (Wildman–Crippen LogP) is 1.31. The molecule has 6 heteroatoms. The summed E-state index contributed by atoms with van der Waals surface area (Å²) in [6.07, 6.45) is 3.46. The van der Waals surface area contributed by atoms with Crippen LogP contribution in [0.1, 0.15) is 17.8 Å². The Morgan fingerprint density at radius 3 is 3.05 bits per heavy atom. The van der Waals surface area contributed by atoms with Crippen molar-refractivity contribution >= 4 is 0 Å². The molecule has 0 fully saturated rings. The normalized spacial score (nSPS) is 14.0. The number of benzene rings is 1. The number of nitrogens with one attached hydrogen (secondary N) is 1. The van der Waals surface area contributed by atoms with Gasteiger partial charge in [-0.15, -0.1) is 0 Å². The first-order valence-electron chi connectivity index (χ1n) is 7.25. The summed E-state index contributed by atoms with van der Waals surface area (Å²) in [7, 11) is 1.88. The Labute approximate surface area is 124 Å². The highest BCUT2D eigenvalue weighted by Gasteiger charge is 2.13. The van der Waals surface area contributed by atoms with Gasteiger partial charge in [-0.1, -0.05) is 12.1 Å². The maximum absolute atomic E-state index is 5.81. The molecule has 0 atom stereocenters. The number of aryl methyl sites for hydroxylation is 1. The van der Waals surface area contributed by atoms with E-state index in [-0.39, 0.29) is 0 Å². The number of nitrogens with zero attached hydrogens (tertiary/aromatic N) is 3. The SMILES string of the molecule is Cn1cnc(CCNCc2cccc3c2OCCCO3)n1. The van der Waals surface area contributed by atoms with Crippen LogP contribution in [0.2, 0.25) is 0 Å². The molecule has 3 rings (SSSR count). The molecule has 1 aromatic carbocycles. The molecule has 112 valence electrons. The van der Waals surface area contributed by atoms with E-state index >= 15 is 0 Å². The van der Waals surface area contributed by atoms with E-state index in [0.717, 1.165) is 55.4 Å². The number of rotatable bonds is 5. The van der Waals surface area contributed by atoms with Gasteiger partial charge in [-0.05, 0) is 6.07 Å². The average molecular weight is 288 g/mol. The van der Waals surface area contributed by atoms with Gasteiger partial charge in [0, 0.05) is 38.5 Å². The van der Waals surface area contributed by atoms with Gasteiger partial charge in [0.2, 0.25) is 0 Å². The highest BCUT2D eigenvalue weighted by Crippen LogP contribution is 2.32. The van der Waals surface area contributed by atoms with Crippen molar-refractivity contribution in [3.63, 3.8) is 0 Å². The number of fused-ring (bicyclic) bond motifs is 1. The molecule has 0 bridgehead atoms. The third kappa shape index (κ3) is 3.52. The largest absolute Gasteiger partial charge is 0.490 e. The van der Waals surface area contributed by atoms with E-state index in [4.69, 9.17) is 9.47 Å². The summed E-state index contributed by atoms with van der Waals surface area (Å²) in [5, 5.41) is 7.66. The van der Waals surface area contributed by atoms with Crippen molar-refractivity contribution in [1.29, 1.82) is 0 Å². The van der Waals surface area contributed by atoms with Crippen LogP contribution in [0.3, 0.4) is 0 Å². The molecule has 2 heterocycles. The van der Waals surface area contributed by atoms with Gasteiger partial charge in [0.05, 0.1) is 13.2 Å². The first-order valence-corrected chi connectivity index (χ1v) is 7.25. The molecule has 0 radical (unpaired) electrons. The molecule has 0 spiro atoms. The molecule has 21 heavy (non-hydrogen) atoms. The molecule has 0 amide bonds. The van der Waals surface area contributed by atoms with Gasteiger partial charge in [-0.25, -0.2) is 4.98 Å². The minimum atomic E-state index is 0.710. The minimum Gasteiger partial charge on any atom is -0.490 e. The third-order valence-corrected chi connectivity index (χ3v) is 3.34. The minimum absolute atomic E-state index is 0.710. The molecule has 0 saturated carbocycles. The lowest BCUT2D eigenvalue weighted by atomic mass is 10.2. The molecule has 2 aromatic rings. The monoisotopic (exact) mass is 288 g/mol. The van der Waals surface area contributed by atoms with Gasteiger partial charge in [-0.3, -0.25) is 4.68 Å². The van der Waals surface area contributed by atoms with Gasteiger partial charge in [-0.2, -0.15) is 5.10 Å². The first kappa shape index (κ1) is 13.9. The number of hydrogen-bond donors (Lipinski definition) is 1. The van der Waals surface area contributed by atoms with Crippen LogP contribution in [0.25, 0.3) is 0 Å². The molecule has 1 N–H and O–H groups in total. The second-order valence-corrected chi connectivity index (χ2v) is 5.06. The molecule has 1 aromatic heterocycles. The summed E-state index contributed by atoms with van der Waals surface area (Å²) in [5.74, 6) is 2.58. The molecule has 0 unspecified atom stereocenters. The molecular weight excluding hydrogens is 268 g/mol. The summed E-state index contributed by atoms with van der Waals surface area (Å²) in [4.78, 5) is 4.21. The van der Waals surface area contributed by atoms with Gasteiger partial charge < -0.3 is 14.8 Å². The van der Waals surface area contributed by atoms with E-state index in [2.05, 4.69) is 21.5 Å². The van der Waals surface area contributed by atoms with E-state index in [1.807, 2.05) is 19.2 Å². The van der Waals surface area contributed by atoms with Gasteiger partial charge in [0.15, 0.2) is 17.3 Å². The molecular formula is C15H20N4O2. The molecule has 6 nitrogen and oxygen atoms in total. The van der Waals surface area contributed by atoms with E-state index in [1.54, 1.807) is 11.0 Å². The summed E-state index contributed by atoms with van der Waals surface area (Å²) in [6.45, 7) is 3.00. The topological polar surface area (TPSA) is 61.2 Å². The molecule has 0 saturated heterocycles. The Morgan fingerprint density at radius 2 is 2.19 bits per heavy atom. The molecule has 1 aliphatic heterocycles. The van der Waals surface area contributed by atoms with E-state index in [1.165, 1.54) is 0 Å². The van der Waals surface area contributed by atoms with Crippen LogP contribution < -0.4 is 14.8 Å². The Kier molecular flexibility index (Phi) is 4.35. The van der Waals surface area contributed by atoms with Crippen LogP contribution in [0, 0.1) is 0 Å². The van der Waals surface area contributed by atoms with Crippen LogP contribution in [0.15, 0.2) is 24.5 Å². The zero-order valence-electron chi connectivity index (χ0n) is 12.2. The van der Waals surface area contributed by atoms with E-state index in [0.29, 0.717) is 6.61 Å². The number of ether oxygens (including phenoxy) is 2. The Morgan fingerprint density at radius 1 is 1.29 bits per heavy atom. The second-order valence-electron chi connectivity index (χ2n) is 5.06. The van der Waals surface area contributed by atoms with Crippen molar-refractivity contribution in [2.75, 3.05) is 19.8 Å². The number of hydrogen-bond acceptors (Lipinski definition) is 5. The van der Waals surface area contributed by atoms with Crippen molar-refractivity contribution in [3.8, 4) is 11.5 Å². The third-order valence-electron chi connectivity index (χ3n) is 3.34. The lowest BCUT2D eigenvalue weighted by Crippen LogP contribution is -2.18. The quantitative estimate of drug-likeness (QED) is 0.841. The number of aromatic nitrogens is 3. The fourth-order valence-corrected chi connectivity index (χ4v) is 2.31. The maximum atomic E-state index is 5.81. The van der Waals surface area contributed by atoms with Crippen LogP contribution in [-0.4, -0.2) is 34.5 Å². The number of para-hydroxylation sites is 1. The van der Waals surface area contributed by atoms with Crippen molar-refractivity contribution in [2.24, 2.45) is 7.05 Å². The fourth-order valence-electron chi connectivity index (χ4n) is 2.31. The van der Waals surface area contributed by atoms with Crippen LogP contribution >= 0.6 is 0 Å². The van der Waals surface area contributed by atoms with Crippen molar-refractivity contribution in [2.45, 2.75) is 19.4 Å². The molecule has 0 aliphatic carbocycles. The van der Waals surface area contributed by atoms with Crippen LogP contribution in [0.4, 0.5) is 0 Å². The predicted molar refractivity (Wildman–Crippen MR) is 78.5 cm³/mol. The Hall–Kier alpha value is -2.08. The zero-order chi connectivity index (χ0) is 14.5. The van der Waals surface area contributed by atoms with Crippen LogP contribution in [-0.2, 0) is 20.0 Å².